The van der Waals surface area contributed by atoms with Crippen molar-refractivity contribution in [3.63, 3.8) is 0 Å². The Hall–Kier alpha value is -2.54. The van der Waals surface area contributed by atoms with Crippen LogP contribution in [0.2, 0.25) is 0 Å². The van der Waals surface area contributed by atoms with Gasteiger partial charge in [0.25, 0.3) is 0 Å². The highest BCUT2D eigenvalue weighted by Crippen LogP contribution is 2.24. The average molecular weight is 389 g/mol. The van der Waals surface area contributed by atoms with Crippen molar-refractivity contribution in [3.8, 4) is 0 Å². The van der Waals surface area contributed by atoms with Crippen LogP contribution in [0.3, 0.4) is 0 Å². The summed E-state index contributed by atoms with van der Waals surface area (Å²) in [5, 5.41) is -0.441. The highest BCUT2D eigenvalue weighted by Gasteiger charge is 2.24. The summed E-state index contributed by atoms with van der Waals surface area (Å²) in [5.41, 5.74) is 1.65. The van der Waals surface area contributed by atoms with Crippen LogP contribution in [0, 0.1) is 13.8 Å². The molecule has 0 bridgehead atoms. The Labute approximate surface area is 162 Å². The molecule has 0 fully saturated rings. The maximum Gasteiger partial charge on any atom is 0.355 e. The predicted octanol–water partition coefficient (Wildman–Crippen LogP) is 3.71. The monoisotopic (exact) mass is 389 g/mol. The van der Waals surface area contributed by atoms with Crippen molar-refractivity contribution in [2.45, 2.75) is 37.8 Å². The van der Waals surface area contributed by atoms with Gasteiger partial charge in [0.05, 0.1) is 6.61 Å². The molecule has 0 aliphatic carbocycles. The Morgan fingerprint density at radius 2 is 1.78 bits per heavy atom. The molecule has 1 aromatic carbocycles. The molecule has 6 nitrogen and oxygen atoms in total. The van der Waals surface area contributed by atoms with Crippen molar-refractivity contribution >= 4 is 29.5 Å². The number of aromatic amines is 1. The fraction of sp³-hybridized carbons (Fsp3) is 0.350. The Balaban J connectivity index is 1.99. The second-order valence-corrected chi connectivity index (χ2v) is 7.36. The molecule has 2 rings (SSSR count). The van der Waals surface area contributed by atoms with Crippen LogP contribution >= 0.6 is 11.8 Å². The molecule has 27 heavy (non-hydrogen) atoms. The number of ether oxygens (including phenoxy) is 2. The second kappa shape index (κ2) is 9.41. The van der Waals surface area contributed by atoms with E-state index in [0.29, 0.717) is 16.8 Å². The second-order valence-electron chi connectivity index (χ2n) is 5.95. The van der Waals surface area contributed by atoms with E-state index in [9.17, 15) is 14.4 Å². The summed E-state index contributed by atoms with van der Waals surface area (Å²) in [6, 6.07) is 9.49. The molecule has 0 radical (unpaired) electrons. The van der Waals surface area contributed by atoms with E-state index in [2.05, 4.69) is 4.98 Å². The molecule has 2 aromatic rings. The summed E-state index contributed by atoms with van der Waals surface area (Å²) in [7, 11) is 0. The van der Waals surface area contributed by atoms with Gasteiger partial charge in [-0.2, -0.15) is 0 Å². The number of carbonyl (C=O) groups excluding carboxylic acids is 3. The first-order chi connectivity index (χ1) is 12.8. The minimum absolute atomic E-state index is 0.244. The van der Waals surface area contributed by atoms with Gasteiger partial charge >= 0.3 is 11.9 Å². The van der Waals surface area contributed by atoms with Gasteiger partial charge in [-0.05, 0) is 45.4 Å². The van der Waals surface area contributed by atoms with E-state index in [-0.39, 0.29) is 24.7 Å². The SMILES string of the molecule is CCOC(=O)c1[nH]c(C)c(C(=O)COC(=O)C(C)Sc2ccccc2)c1C. The number of esters is 2. The summed E-state index contributed by atoms with van der Waals surface area (Å²) in [5.74, 6) is -1.34. The lowest BCUT2D eigenvalue weighted by Gasteiger charge is -2.11. The largest absolute Gasteiger partial charge is 0.461 e. The third kappa shape index (κ3) is 5.23. The van der Waals surface area contributed by atoms with E-state index < -0.39 is 17.2 Å². The molecule has 1 N–H and O–H groups in total. The number of hydrogen-bond donors (Lipinski definition) is 1. The third-order valence-electron chi connectivity index (χ3n) is 3.93. The molecule has 1 aromatic heterocycles. The zero-order valence-electron chi connectivity index (χ0n) is 15.8. The molecule has 0 amide bonds. The molecule has 0 spiro atoms. The zero-order valence-corrected chi connectivity index (χ0v) is 16.6. The van der Waals surface area contributed by atoms with Crippen LogP contribution in [0.5, 0.6) is 0 Å². The molecule has 7 heteroatoms. The first-order valence-electron chi connectivity index (χ1n) is 8.63. The number of aromatic nitrogens is 1. The number of benzene rings is 1. The van der Waals surface area contributed by atoms with Gasteiger partial charge < -0.3 is 14.5 Å². The molecule has 0 saturated carbocycles. The number of carbonyl (C=O) groups is 3. The van der Waals surface area contributed by atoms with Crippen molar-refractivity contribution in [1.29, 1.82) is 0 Å². The molecular weight excluding hydrogens is 366 g/mol. The van der Waals surface area contributed by atoms with Gasteiger partial charge in [0.2, 0.25) is 5.78 Å². The van der Waals surface area contributed by atoms with Gasteiger partial charge in [0.15, 0.2) is 6.61 Å². The number of ketones is 1. The maximum absolute atomic E-state index is 12.5. The molecule has 1 heterocycles. The molecule has 0 aliphatic heterocycles. The highest BCUT2D eigenvalue weighted by atomic mass is 32.2. The molecule has 1 unspecified atom stereocenters. The van der Waals surface area contributed by atoms with Crippen molar-refractivity contribution in [2.24, 2.45) is 0 Å². The van der Waals surface area contributed by atoms with Gasteiger partial charge in [0.1, 0.15) is 10.9 Å². The van der Waals surface area contributed by atoms with Crippen LogP contribution in [0.15, 0.2) is 35.2 Å². The summed E-state index contributed by atoms with van der Waals surface area (Å²) in [6.45, 7) is 6.67. The van der Waals surface area contributed by atoms with Gasteiger partial charge in [-0.3, -0.25) is 9.59 Å². The summed E-state index contributed by atoms with van der Waals surface area (Å²) >= 11 is 1.37. The normalized spacial score (nSPS) is 11.7. The van der Waals surface area contributed by atoms with Gasteiger partial charge in [-0.25, -0.2) is 4.79 Å². The molecule has 1 atom stereocenters. The van der Waals surface area contributed by atoms with Crippen LogP contribution < -0.4 is 0 Å². The van der Waals surface area contributed by atoms with Crippen LogP contribution in [-0.4, -0.2) is 41.2 Å². The third-order valence-corrected chi connectivity index (χ3v) is 5.02. The lowest BCUT2D eigenvalue weighted by Crippen LogP contribution is -2.21. The number of thioether (sulfide) groups is 1. The smallest absolute Gasteiger partial charge is 0.355 e. The Morgan fingerprint density at radius 3 is 2.41 bits per heavy atom. The lowest BCUT2D eigenvalue weighted by molar-refractivity contribution is -0.141. The van der Waals surface area contributed by atoms with Crippen molar-refractivity contribution in [3.05, 3.63) is 52.8 Å². The first-order valence-corrected chi connectivity index (χ1v) is 9.50. The first kappa shape index (κ1) is 20.8. The minimum atomic E-state index is -0.512. The molecular formula is C20H23NO5S. The quantitative estimate of drug-likeness (QED) is 0.421. The van der Waals surface area contributed by atoms with E-state index in [0.717, 1.165) is 4.90 Å². The zero-order chi connectivity index (χ0) is 20.0. The maximum atomic E-state index is 12.5. The minimum Gasteiger partial charge on any atom is -0.461 e. The highest BCUT2D eigenvalue weighted by molar-refractivity contribution is 8.00. The Morgan fingerprint density at radius 1 is 1.11 bits per heavy atom. The Kier molecular flexibility index (Phi) is 7.24. The number of rotatable bonds is 8. The van der Waals surface area contributed by atoms with Crippen LogP contribution in [-0.2, 0) is 14.3 Å². The number of Topliss-reactive ketones (excluding diaryl/α,β-unsaturated/α-hetero) is 1. The number of hydrogen-bond acceptors (Lipinski definition) is 6. The van der Waals surface area contributed by atoms with E-state index in [4.69, 9.17) is 9.47 Å². The average Bonchev–Trinajstić information content (AvgIpc) is 2.95. The van der Waals surface area contributed by atoms with Crippen molar-refractivity contribution in [2.75, 3.05) is 13.2 Å². The van der Waals surface area contributed by atoms with Gasteiger partial charge in [0, 0.05) is 16.2 Å². The predicted molar refractivity (Wildman–Crippen MR) is 103 cm³/mol. The van der Waals surface area contributed by atoms with E-state index in [1.54, 1.807) is 27.7 Å². The number of nitrogens with one attached hydrogen (secondary N) is 1. The Bertz CT molecular complexity index is 828. The molecule has 0 aliphatic rings. The number of aryl methyl sites for hydroxylation is 1. The molecule has 0 saturated heterocycles. The van der Waals surface area contributed by atoms with Crippen molar-refractivity contribution in [1.82, 2.24) is 4.98 Å². The van der Waals surface area contributed by atoms with Crippen LogP contribution in [0.4, 0.5) is 0 Å². The standard InChI is InChI=1S/C20H23NO5S/c1-5-25-20(24)18-12(2)17(13(3)21-18)16(22)11-26-19(23)14(4)27-15-9-7-6-8-10-15/h6-10,14,21H,5,11H2,1-4H3. The topological polar surface area (TPSA) is 85.5 Å². The van der Waals surface area contributed by atoms with Crippen molar-refractivity contribution < 1.29 is 23.9 Å². The summed E-state index contributed by atoms with van der Waals surface area (Å²) in [6.07, 6.45) is 0. The van der Waals surface area contributed by atoms with Gasteiger partial charge in [-0.15, -0.1) is 11.8 Å². The lowest BCUT2D eigenvalue weighted by atomic mass is 10.1. The van der Waals surface area contributed by atoms with E-state index in [1.807, 2.05) is 30.3 Å². The summed E-state index contributed by atoms with van der Waals surface area (Å²) in [4.78, 5) is 40.4. The number of H-pyrrole nitrogens is 1. The fourth-order valence-corrected chi connectivity index (χ4v) is 3.54. The van der Waals surface area contributed by atoms with E-state index in [1.165, 1.54) is 11.8 Å². The molecule has 144 valence electrons. The van der Waals surface area contributed by atoms with Crippen LogP contribution in [0.1, 0.15) is 46.0 Å². The fourth-order valence-electron chi connectivity index (χ4n) is 2.65. The van der Waals surface area contributed by atoms with E-state index >= 15 is 0 Å². The van der Waals surface area contributed by atoms with Crippen LogP contribution in [0.25, 0.3) is 0 Å². The van der Waals surface area contributed by atoms with Gasteiger partial charge in [-0.1, -0.05) is 18.2 Å². The summed E-state index contributed by atoms with van der Waals surface area (Å²) < 4.78 is 10.2.